The first-order chi connectivity index (χ1) is 13.0. The Morgan fingerprint density at radius 1 is 1.32 bits per heavy atom. The van der Waals surface area contributed by atoms with E-state index < -0.39 is 35.0 Å². The molecule has 6 heteroatoms. The number of rotatable bonds is 2. The third kappa shape index (κ3) is 2.24. The number of hydrogen-bond donors (Lipinski definition) is 2. The van der Waals surface area contributed by atoms with Crippen LogP contribution in [0.4, 0.5) is 4.39 Å². The maximum atomic E-state index is 15.2. The van der Waals surface area contributed by atoms with Crippen LogP contribution in [0.1, 0.15) is 40.0 Å². The smallest absolute Gasteiger partial charge is 0.196 e. The Hall–Kier alpha value is -1.30. The summed E-state index contributed by atoms with van der Waals surface area (Å²) in [6.45, 7) is 4.90. The summed E-state index contributed by atoms with van der Waals surface area (Å²) in [5, 5.41) is 20.9. The largest absolute Gasteiger partial charge is 0.388 e. The molecule has 0 spiro atoms. The Kier molecular flexibility index (Phi) is 4.36. The Morgan fingerprint density at radius 3 is 2.64 bits per heavy atom. The van der Waals surface area contributed by atoms with E-state index in [0.29, 0.717) is 18.4 Å². The molecule has 4 rings (SSSR count). The molecule has 0 aromatic rings. The van der Waals surface area contributed by atoms with Crippen LogP contribution in [0.3, 0.4) is 0 Å². The lowest BCUT2D eigenvalue weighted by atomic mass is 9.51. The number of ketones is 2. The minimum absolute atomic E-state index is 0.0931. The quantitative estimate of drug-likeness (QED) is 0.688. The van der Waals surface area contributed by atoms with Gasteiger partial charge in [0.05, 0.1) is 5.03 Å². The Morgan fingerprint density at radius 2 is 2.00 bits per heavy atom. The van der Waals surface area contributed by atoms with Crippen LogP contribution < -0.4 is 0 Å². The highest BCUT2D eigenvalue weighted by Gasteiger charge is 2.67. The predicted molar refractivity (Wildman–Crippen MR) is 103 cm³/mol. The molecule has 0 aliphatic heterocycles. The molecule has 152 valence electrons. The van der Waals surface area contributed by atoms with E-state index in [-0.39, 0.29) is 35.0 Å². The minimum atomic E-state index is -1.63. The van der Waals surface area contributed by atoms with Gasteiger partial charge in [0.15, 0.2) is 11.6 Å². The zero-order chi connectivity index (χ0) is 20.6. The molecule has 4 aliphatic carbocycles. The summed E-state index contributed by atoms with van der Waals surface area (Å²) in [6.07, 6.45) is 4.97. The van der Waals surface area contributed by atoms with Gasteiger partial charge in [0.1, 0.15) is 18.4 Å². The zero-order valence-electron chi connectivity index (χ0n) is 16.3. The first-order valence-corrected chi connectivity index (χ1v) is 10.2. The summed E-state index contributed by atoms with van der Waals surface area (Å²) in [5.41, 5.74) is -1.70. The number of aliphatic hydroxyl groups excluding tert-OH is 1. The molecule has 7 atom stereocenters. The normalized spacial score (nSPS) is 47.4. The van der Waals surface area contributed by atoms with Gasteiger partial charge in [-0.25, -0.2) is 4.39 Å². The van der Waals surface area contributed by atoms with E-state index >= 15 is 4.39 Å². The molecule has 0 aromatic heterocycles. The van der Waals surface area contributed by atoms with Crippen molar-refractivity contribution in [2.45, 2.75) is 51.8 Å². The van der Waals surface area contributed by atoms with Gasteiger partial charge in [-0.15, -0.1) is 0 Å². The van der Waals surface area contributed by atoms with Gasteiger partial charge in [0.2, 0.25) is 0 Å². The van der Waals surface area contributed by atoms with Gasteiger partial charge >= 0.3 is 0 Å². The molecule has 0 bridgehead atoms. The van der Waals surface area contributed by atoms with Crippen molar-refractivity contribution in [1.29, 1.82) is 0 Å². The Labute approximate surface area is 169 Å². The second-order valence-electron chi connectivity index (χ2n) is 9.34. The molecule has 28 heavy (non-hydrogen) atoms. The molecule has 0 amide bonds. The molecule has 4 nitrogen and oxygen atoms in total. The summed E-state index contributed by atoms with van der Waals surface area (Å²) >= 11 is 6.13. The minimum Gasteiger partial charge on any atom is -0.388 e. The van der Waals surface area contributed by atoms with Gasteiger partial charge in [0, 0.05) is 10.8 Å². The number of carbonyl (C=O) groups excluding carboxylic acids is 2. The standard InChI is InChI=1S/C22H26ClFO4/c1-11-6-14-12-7-17(24)15-8-18(26)16(23)9-20(15,2)13(12)4-5-21(14,3)22(11,28)19(27)10-25/h4,8-9,11-12,14,17,25,28H,5-7,10H2,1-3H3/t11-,12-,14+,17+,20-,21+,22+/m1/s1. The van der Waals surface area contributed by atoms with Gasteiger partial charge in [-0.2, -0.15) is 0 Å². The van der Waals surface area contributed by atoms with Crippen molar-refractivity contribution >= 4 is 23.2 Å². The molecule has 2 N–H and O–H groups in total. The number of hydrogen-bond acceptors (Lipinski definition) is 4. The van der Waals surface area contributed by atoms with Gasteiger partial charge in [-0.05, 0) is 61.7 Å². The van der Waals surface area contributed by atoms with Crippen molar-refractivity contribution in [3.63, 3.8) is 0 Å². The number of alkyl halides is 1. The number of halogens is 2. The lowest BCUT2D eigenvalue weighted by molar-refractivity contribution is -0.161. The van der Waals surface area contributed by atoms with Crippen LogP contribution in [0.5, 0.6) is 0 Å². The summed E-state index contributed by atoms with van der Waals surface area (Å²) in [5.74, 6) is -1.51. The zero-order valence-corrected chi connectivity index (χ0v) is 17.1. The molecule has 2 saturated carbocycles. The van der Waals surface area contributed by atoms with Crippen molar-refractivity contribution < 1.29 is 24.2 Å². The van der Waals surface area contributed by atoms with E-state index in [2.05, 4.69) is 0 Å². The Bertz CT molecular complexity index is 861. The highest BCUT2D eigenvalue weighted by molar-refractivity contribution is 6.44. The van der Waals surface area contributed by atoms with Gasteiger partial charge in [-0.3, -0.25) is 9.59 Å². The number of fused-ring (bicyclic) bond motifs is 5. The average molecular weight is 409 g/mol. The maximum Gasteiger partial charge on any atom is 0.196 e. The van der Waals surface area contributed by atoms with Crippen molar-refractivity contribution in [3.05, 3.63) is 34.4 Å². The molecular formula is C22H26ClFO4. The van der Waals surface area contributed by atoms with E-state index in [1.54, 1.807) is 6.08 Å². The van der Waals surface area contributed by atoms with Crippen LogP contribution in [0.25, 0.3) is 0 Å². The van der Waals surface area contributed by atoms with E-state index in [9.17, 15) is 19.8 Å². The van der Waals surface area contributed by atoms with Crippen LogP contribution in [0, 0.1) is 28.6 Å². The van der Waals surface area contributed by atoms with E-state index in [0.717, 1.165) is 5.57 Å². The topological polar surface area (TPSA) is 74.6 Å². The highest BCUT2D eigenvalue weighted by Crippen LogP contribution is 2.66. The molecule has 0 saturated heterocycles. The first kappa shape index (κ1) is 20.0. The van der Waals surface area contributed by atoms with Crippen LogP contribution in [-0.2, 0) is 9.59 Å². The van der Waals surface area contributed by atoms with Gasteiger partial charge in [0.25, 0.3) is 0 Å². The third-order valence-electron chi connectivity index (χ3n) is 8.14. The van der Waals surface area contributed by atoms with Gasteiger partial charge < -0.3 is 10.2 Å². The van der Waals surface area contributed by atoms with E-state index in [4.69, 9.17) is 11.6 Å². The van der Waals surface area contributed by atoms with Crippen molar-refractivity contribution in [1.82, 2.24) is 0 Å². The molecule has 0 heterocycles. The number of Topliss-reactive ketones (excluding diaryl/α,β-unsaturated/α-hetero) is 1. The van der Waals surface area contributed by atoms with Crippen LogP contribution >= 0.6 is 11.6 Å². The maximum absolute atomic E-state index is 15.2. The predicted octanol–water partition coefficient (Wildman–Crippen LogP) is 3.27. The average Bonchev–Trinajstić information content (AvgIpc) is 2.85. The molecule has 4 aliphatic rings. The summed E-state index contributed by atoms with van der Waals surface area (Å²) < 4.78 is 15.2. The summed E-state index contributed by atoms with van der Waals surface area (Å²) in [4.78, 5) is 24.5. The second kappa shape index (κ2) is 6.10. The summed E-state index contributed by atoms with van der Waals surface area (Å²) in [7, 11) is 0. The van der Waals surface area contributed by atoms with E-state index in [1.165, 1.54) is 6.08 Å². The number of carbonyl (C=O) groups is 2. The molecule has 0 aromatic carbocycles. The van der Waals surface area contributed by atoms with Crippen molar-refractivity contribution in [2.24, 2.45) is 28.6 Å². The molecule has 0 radical (unpaired) electrons. The monoisotopic (exact) mass is 408 g/mol. The SMILES string of the molecule is C[C@@H]1C[C@H]2[C@@H]3C[C@H](F)C4=CC(=O)C(Cl)=C[C@]4(C)C3=CC[C@]2(C)[C@@]1(O)C(=O)CO. The fourth-order valence-electron chi connectivity index (χ4n) is 6.65. The fourth-order valence-corrected chi connectivity index (χ4v) is 6.92. The number of allylic oxidation sites excluding steroid dienone is 6. The number of aliphatic hydroxyl groups is 2. The molecular weight excluding hydrogens is 383 g/mol. The van der Waals surface area contributed by atoms with Gasteiger partial charge in [-0.1, -0.05) is 37.1 Å². The third-order valence-corrected chi connectivity index (χ3v) is 8.44. The van der Waals surface area contributed by atoms with Crippen LogP contribution in [0.15, 0.2) is 34.4 Å². The highest BCUT2D eigenvalue weighted by atomic mass is 35.5. The Balaban J connectivity index is 1.84. The lowest BCUT2D eigenvalue weighted by Crippen LogP contribution is -2.58. The van der Waals surface area contributed by atoms with Crippen LogP contribution in [-0.4, -0.2) is 40.2 Å². The molecule has 0 unspecified atom stereocenters. The molecule has 2 fully saturated rings. The van der Waals surface area contributed by atoms with Crippen LogP contribution in [0.2, 0.25) is 0 Å². The first-order valence-electron chi connectivity index (χ1n) is 9.86. The summed E-state index contributed by atoms with van der Waals surface area (Å²) in [6, 6.07) is 0. The second-order valence-corrected chi connectivity index (χ2v) is 9.75. The van der Waals surface area contributed by atoms with Crippen molar-refractivity contribution in [2.75, 3.05) is 6.61 Å². The lowest BCUT2D eigenvalue weighted by Gasteiger charge is -2.54. The van der Waals surface area contributed by atoms with E-state index in [1.807, 2.05) is 26.8 Å². The fraction of sp³-hybridized carbons (Fsp3) is 0.636. The van der Waals surface area contributed by atoms with Crippen molar-refractivity contribution in [3.8, 4) is 0 Å².